The van der Waals surface area contributed by atoms with Crippen LogP contribution in [-0.2, 0) is 48.2 Å². The Morgan fingerprint density at radius 2 is 1.12 bits per heavy atom. The number of ether oxygens (including phenoxy) is 4. The van der Waals surface area contributed by atoms with Crippen LogP contribution in [0.5, 0.6) is 0 Å². The van der Waals surface area contributed by atoms with Crippen LogP contribution in [0, 0.1) is 11.8 Å². The summed E-state index contributed by atoms with van der Waals surface area (Å²) in [6, 6.07) is -1.06. The van der Waals surface area contributed by atoms with Crippen molar-refractivity contribution in [2.24, 2.45) is 11.8 Å². The van der Waals surface area contributed by atoms with E-state index < -0.39 is 59.3 Å². The molecular formula is C30H47N7O13. The molecule has 1 aromatic rings. The van der Waals surface area contributed by atoms with Crippen molar-refractivity contribution < 1.29 is 48.3 Å². The summed E-state index contributed by atoms with van der Waals surface area (Å²) in [6.45, 7) is -1.53. The van der Waals surface area contributed by atoms with E-state index in [0.717, 1.165) is 26.5 Å². The SMILES string of the molecule is COCCn1c(=O)n(CCOCN2C(=O)N(CCO)C3C2N(COC)C(=O)N3CCO)c(=O)n(CCOC(=O)C2CCCCC2C(C)=O)c1=O. The second kappa shape index (κ2) is 17.7. The molecule has 4 amide bonds. The molecule has 20 heteroatoms. The van der Waals surface area contributed by atoms with Crippen LogP contribution >= 0.6 is 0 Å². The van der Waals surface area contributed by atoms with E-state index in [9.17, 15) is 43.8 Å². The highest BCUT2D eigenvalue weighted by Crippen LogP contribution is 2.35. The predicted octanol–water partition coefficient (Wildman–Crippen LogP) is -2.55. The van der Waals surface area contributed by atoms with Gasteiger partial charge in [0.05, 0.1) is 52.0 Å². The minimum absolute atomic E-state index is 0.0130. The number of methoxy groups -OCH3 is 2. The number of hydrogen-bond acceptors (Lipinski definition) is 13. The number of amides is 4. The molecule has 1 saturated carbocycles. The molecule has 4 unspecified atom stereocenters. The van der Waals surface area contributed by atoms with Crippen LogP contribution < -0.4 is 17.1 Å². The highest BCUT2D eigenvalue weighted by molar-refractivity contribution is 5.86. The second-order valence-corrected chi connectivity index (χ2v) is 12.2. The van der Waals surface area contributed by atoms with E-state index in [1.165, 1.54) is 40.7 Å². The third-order valence-electron chi connectivity index (χ3n) is 9.22. The molecule has 0 radical (unpaired) electrons. The molecule has 0 bridgehead atoms. The van der Waals surface area contributed by atoms with Crippen molar-refractivity contribution >= 4 is 23.8 Å². The average molecular weight is 714 g/mol. The Bertz CT molecular complexity index is 1550. The monoisotopic (exact) mass is 713 g/mol. The lowest BCUT2D eigenvalue weighted by molar-refractivity contribution is -0.154. The molecule has 0 spiro atoms. The molecular weight excluding hydrogens is 666 g/mol. The van der Waals surface area contributed by atoms with Crippen molar-refractivity contribution in [2.75, 3.05) is 73.8 Å². The number of hydrogen-bond donors (Lipinski definition) is 2. The Hall–Kier alpha value is -4.11. The molecule has 4 rings (SSSR count). The fourth-order valence-corrected chi connectivity index (χ4v) is 6.84. The maximum Gasteiger partial charge on any atom is 0.336 e. The Kier molecular flexibility index (Phi) is 13.7. The van der Waals surface area contributed by atoms with E-state index in [2.05, 4.69) is 0 Å². The minimum Gasteiger partial charge on any atom is -0.464 e. The van der Waals surface area contributed by atoms with E-state index in [1.54, 1.807) is 0 Å². The molecule has 20 nitrogen and oxygen atoms in total. The van der Waals surface area contributed by atoms with E-state index in [-0.39, 0.29) is 85.0 Å². The van der Waals surface area contributed by atoms with Gasteiger partial charge in [0.2, 0.25) is 0 Å². The van der Waals surface area contributed by atoms with E-state index in [1.807, 2.05) is 0 Å². The number of aromatic nitrogens is 3. The van der Waals surface area contributed by atoms with Gasteiger partial charge < -0.3 is 29.2 Å². The summed E-state index contributed by atoms with van der Waals surface area (Å²) in [5.74, 6) is -1.72. The van der Waals surface area contributed by atoms with Crippen LogP contribution in [0.1, 0.15) is 32.6 Å². The van der Waals surface area contributed by atoms with Gasteiger partial charge in [-0.25, -0.2) is 37.7 Å². The summed E-state index contributed by atoms with van der Waals surface area (Å²) in [5, 5.41) is 19.2. The first kappa shape index (κ1) is 38.7. The summed E-state index contributed by atoms with van der Waals surface area (Å²) in [6.07, 6.45) is 0.955. The number of urea groups is 2. The van der Waals surface area contributed by atoms with Gasteiger partial charge in [-0.3, -0.25) is 29.2 Å². The average Bonchev–Trinajstić information content (AvgIpc) is 3.51. The van der Waals surface area contributed by atoms with Gasteiger partial charge in [0.15, 0.2) is 6.17 Å². The molecule has 2 N–H and O–H groups in total. The van der Waals surface area contributed by atoms with Gasteiger partial charge in [-0.05, 0) is 19.8 Å². The second-order valence-electron chi connectivity index (χ2n) is 12.2. The van der Waals surface area contributed by atoms with Gasteiger partial charge >= 0.3 is 35.1 Å². The quantitative estimate of drug-likeness (QED) is 0.111. The normalized spacial score (nSPS) is 22.1. The fraction of sp³-hybridized carbons (Fsp3) is 0.767. The molecule has 280 valence electrons. The Labute approximate surface area is 287 Å². The number of β-amino-alcohol motifs (C(OH)–C–C–N with tert-alkyl or cyclic N) is 2. The van der Waals surface area contributed by atoms with Gasteiger partial charge in [0, 0.05) is 33.2 Å². The molecule has 3 fully saturated rings. The maximum atomic E-state index is 13.4. The topological polar surface area (TPSA) is 225 Å². The number of rotatable bonds is 19. The number of nitrogens with zero attached hydrogens (tertiary/aromatic N) is 7. The number of carbonyl (C=O) groups is 4. The van der Waals surface area contributed by atoms with Crippen molar-refractivity contribution in [1.29, 1.82) is 0 Å². The van der Waals surface area contributed by atoms with Crippen LogP contribution in [0.15, 0.2) is 14.4 Å². The molecule has 3 aliphatic rings. The summed E-state index contributed by atoms with van der Waals surface area (Å²) in [4.78, 5) is 96.5. The summed E-state index contributed by atoms with van der Waals surface area (Å²) in [7, 11) is 2.76. The highest BCUT2D eigenvalue weighted by Gasteiger charge is 2.58. The number of aliphatic hydroxyl groups excluding tert-OH is 2. The maximum absolute atomic E-state index is 13.4. The molecule has 50 heavy (non-hydrogen) atoms. The first-order valence-electron chi connectivity index (χ1n) is 16.6. The number of Topliss-reactive ketones (excluding diaryl/α,β-unsaturated/α-hetero) is 1. The minimum atomic E-state index is -0.966. The highest BCUT2D eigenvalue weighted by atomic mass is 16.5. The van der Waals surface area contributed by atoms with Gasteiger partial charge in [-0.15, -0.1) is 0 Å². The zero-order valence-electron chi connectivity index (χ0n) is 28.6. The molecule has 1 aromatic heterocycles. The number of ketones is 1. The third kappa shape index (κ3) is 7.93. The molecule has 0 aromatic carbocycles. The van der Waals surface area contributed by atoms with Crippen molar-refractivity contribution in [3.8, 4) is 0 Å². The smallest absolute Gasteiger partial charge is 0.336 e. The zero-order chi connectivity index (χ0) is 36.5. The predicted molar refractivity (Wildman–Crippen MR) is 171 cm³/mol. The Morgan fingerprint density at radius 1 is 0.640 bits per heavy atom. The van der Waals surface area contributed by atoms with Gasteiger partial charge in [-0.1, -0.05) is 12.8 Å². The first-order chi connectivity index (χ1) is 24.0. The van der Waals surface area contributed by atoms with Crippen LogP contribution in [0.3, 0.4) is 0 Å². The van der Waals surface area contributed by atoms with E-state index >= 15 is 0 Å². The van der Waals surface area contributed by atoms with Crippen molar-refractivity contribution in [3.05, 3.63) is 31.5 Å². The number of carbonyl (C=O) groups excluding carboxylic acids is 4. The number of esters is 1. The van der Waals surface area contributed by atoms with E-state index in [4.69, 9.17) is 18.9 Å². The third-order valence-corrected chi connectivity index (χ3v) is 9.22. The van der Waals surface area contributed by atoms with Gasteiger partial charge in [0.1, 0.15) is 32.0 Å². The fourth-order valence-electron chi connectivity index (χ4n) is 6.84. The largest absolute Gasteiger partial charge is 0.464 e. The number of fused-ring (bicyclic) bond motifs is 1. The lowest BCUT2D eigenvalue weighted by Gasteiger charge is -2.29. The molecule has 1 aliphatic carbocycles. The van der Waals surface area contributed by atoms with Crippen molar-refractivity contribution in [1.82, 2.24) is 33.3 Å². The van der Waals surface area contributed by atoms with Crippen LogP contribution in [0.2, 0.25) is 0 Å². The lowest BCUT2D eigenvalue weighted by Crippen LogP contribution is -2.55. The van der Waals surface area contributed by atoms with Crippen LogP contribution in [0.25, 0.3) is 0 Å². The molecule has 3 heterocycles. The molecule has 2 saturated heterocycles. The lowest BCUT2D eigenvalue weighted by atomic mass is 9.77. The standard InChI is InChI=1S/C30H47N7O13/c1-20(40)21-6-4-5-7-22(21)25(41)50-17-12-35-29(45)33(10-15-47-2)28(44)34(30(35)46)11-16-49-19-37-24-23(32(9-14-39)27(37)43)31(8-13-38)26(42)36(24)18-48-3/h21-24,38-39H,4-19H2,1-3H3. The Morgan fingerprint density at radius 3 is 1.62 bits per heavy atom. The summed E-state index contributed by atoms with van der Waals surface area (Å²) >= 11 is 0. The zero-order valence-corrected chi connectivity index (χ0v) is 28.6. The van der Waals surface area contributed by atoms with E-state index in [0.29, 0.717) is 12.8 Å². The summed E-state index contributed by atoms with van der Waals surface area (Å²) < 4.78 is 23.7. The van der Waals surface area contributed by atoms with Gasteiger partial charge in [-0.2, -0.15) is 0 Å². The molecule has 4 atom stereocenters. The Balaban J connectivity index is 1.49. The number of aliphatic hydroxyl groups is 2. The summed E-state index contributed by atoms with van der Waals surface area (Å²) in [5.41, 5.74) is -2.80. The van der Waals surface area contributed by atoms with Crippen LogP contribution in [-0.4, -0.2) is 153 Å². The molecule has 2 aliphatic heterocycles. The first-order valence-corrected chi connectivity index (χ1v) is 16.6. The van der Waals surface area contributed by atoms with Crippen molar-refractivity contribution in [2.45, 2.75) is 64.6 Å². The van der Waals surface area contributed by atoms with Crippen LogP contribution in [0.4, 0.5) is 9.59 Å². The van der Waals surface area contributed by atoms with Gasteiger partial charge in [0.25, 0.3) is 0 Å². The van der Waals surface area contributed by atoms with Crippen molar-refractivity contribution in [3.63, 3.8) is 0 Å².